The van der Waals surface area contributed by atoms with Gasteiger partial charge in [-0.25, -0.2) is 4.98 Å². The highest BCUT2D eigenvalue weighted by Gasteiger charge is 2.20. The molecule has 1 fully saturated rings. The Balaban J connectivity index is 1.50. The molecule has 2 aromatic rings. The van der Waals surface area contributed by atoms with E-state index in [1.807, 2.05) is 25.1 Å². The Labute approximate surface area is 132 Å². The van der Waals surface area contributed by atoms with Gasteiger partial charge in [-0.05, 0) is 24.6 Å². The molecule has 0 amide bonds. The fourth-order valence-electron chi connectivity index (χ4n) is 2.75. The zero-order valence-electron chi connectivity index (χ0n) is 13.0. The van der Waals surface area contributed by atoms with Gasteiger partial charge in [0, 0.05) is 31.9 Å². The zero-order chi connectivity index (χ0) is 15.2. The van der Waals surface area contributed by atoms with Crippen LogP contribution in [0.15, 0.2) is 48.5 Å². The van der Waals surface area contributed by atoms with Gasteiger partial charge in [-0.1, -0.05) is 36.4 Å². The van der Waals surface area contributed by atoms with Crippen LogP contribution in [0.2, 0.25) is 0 Å². The number of morpholine rings is 1. The summed E-state index contributed by atoms with van der Waals surface area (Å²) in [6.45, 7) is 6.53. The molecule has 22 heavy (non-hydrogen) atoms. The van der Waals surface area contributed by atoms with Crippen molar-refractivity contribution in [3.63, 3.8) is 0 Å². The molecule has 3 rings (SSSR count). The van der Waals surface area contributed by atoms with Crippen molar-refractivity contribution in [2.75, 3.05) is 31.6 Å². The third kappa shape index (κ3) is 4.29. The molecule has 116 valence electrons. The fourth-order valence-corrected chi connectivity index (χ4v) is 2.75. The highest BCUT2D eigenvalue weighted by atomic mass is 16.5. The maximum absolute atomic E-state index is 5.87. The number of hydrogen-bond acceptors (Lipinski definition) is 4. The van der Waals surface area contributed by atoms with Crippen LogP contribution >= 0.6 is 0 Å². The van der Waals surface area contributed by atoms with Crippen LogP contribution in [-0.4, -0.2) is 42.2 Å². The molecule has 1 atom stereocenters. The second-order valence-electron chi connectivity index (χ2n) is 5.76. The summed E-state index contributed by atoms with van der Waals surface area (Å²) in [7, 11) is 0. The number of nitrogens with one attached hydrogen (secondary N) is 1. The Bertz CT molecular complexity index is 588. The molecule has 1 unspecified atom stereocenters. The lowest BCUT2D eigenvalue weighted by Crippen LogP contribution is -2.44. The highest BCUT2D eigenvalue weighted by Crippen LogP contribution is 2.11. The van der Waals surface area contributed by atoms with Gasteiger partial charge in [-0.3, -0.25) is 4.90 Å². The topological polar surface area (TPSA) is 37.4 Å². The molecule has 2 heterocycles. The van der Waals surface area contributed by atoms with Gasteiger partial charge in [0.05, 0.1) is 12.7 Å². The Morgan fingerprint density at radius 1 is 1.18 bits per heavy atom. The third-order valence-corrected chi connectivity index (χ3v) is 3.87. The number of benzene rings is 1. The van der Waals surface area contributed by atoms with Crippen LogP contribution in [0.3, 0.4) is 0 Å². The zero-order valence-corrected chi connectivity index (χ0v) is 13.0. The Morgan fingerprint density at radius 3 is 2.86 bits per heavy atom. The summed E-state index contributed by atoms with van der Waals surface area (Å²) in [6.07, 6.45) is 0.208. The SMILES string of the molecule is Cc1cccc(NCC2CN(Cc3ccccc3)CCO2)n1. The summed E-state index contributed by atoms with van der Waals surface area (Å²) >= 11 is 0. The Hall–Kier alpha value is -1.91. The number of rotatable bonds is 5. The van der Waals surface area contributed by atoms with E-state index in [-0.39, 0.29) is 6.10 Å². The maximum Gasteiger partial charge on any atom is 0.126 e. The smallest absolute Gasteiger partial charge is 0.126 e. The highest BCUT2D eigenvalue weighted by molar-refractivity contribution is 5.35. The van der Waals surface area contributed by atoms with Gasteiger partial charge in [0.2, 0.25) is 0 Å². The lowest BCUT2D eigenvalue weighted by Gasteiger charge is -2.33. The number of pyridine rings is 1. The molecule has 1 aromatic heterocycles. The van der Waals surface area contributed by atoms with Crippen molar-refractivity contribution in [2.45, 2.75) is 19.6 Å². The average molecular weight is 297 g/mol. The van der Waals surface area contributed by atoms with E-state index in [1.165, 1.54) is 5.56 Å². The normalized spacial score (nSPS) is 19.0. The first-order valence-corrected chi connectivity index (χ1v) is 7.85. The predicted molar refractivity (Wildman–Crippen MR) is 88.9 cm³/mol. The number of aromatic nitrogens is 1. The van der Waals surface area contributed by atoms with E-state index in [4.69, 9.17) is 4.74 Å². The van der Waals surface area contributed by atoms with Crippen LogP contribution in [0, 0.1) is 6.92 Å². The minimum atomic E-state index is 0.208. The molecule has 1 aliphatic rings. The van der Waals surface area contributed by atoms with E-state index in [2.05, 4.69) is 45.5 Å². The lowest BCUT2D eigenvalue weighted by atomic mass is 10.2. The van der Waals surface area contributed by atoms with Gasteiger partial charge in [0.15, 0.2) is 0 Å². The molecule has 1 N–H and O–H groups in total. The molecule has 0 aliphatic carbocycles. The van der Waals surface area contributed by atoms with Gasteiger partial charge in [-0.15, -0.1) is 0 Å². The van der Waals surface area contributed by atoms with E-state index in [1.54, 1.807) is 0 Å². The van der Waals surface area contributed by atoms with Crippen LogP contribution in [0.5, 0.6) is 0 Å². The molecule has 1 saturated heterocycles. The molecule has 1 aliphatic heterocycles. The van der Waals surface area contributed by atoms with Crippen molar-refractivity contribution in [3.8, 4) is 0 Å². The second-order valence-corrected chi connectivity index (χ2v) is 5.76. The minimum Gasteiger partial charge on any atom is -0.374 e. The lowest BCUT2D eigenvalue weighted by molar-refractivity contribution is -0.0240. The van der Waals surface area contributed by atoms with Gasteiger partial charge in [-0.2, -0.15) is 0 Å². The number of anilines is 1. The average Bonchev–Trinajstić information content (AvgIpc) is 2.54. The molecule has 0 spiro atoms. The van der Waals surface area contributed by atoms with Crippen LogP contribution in [0.1, 0.15) is 11.3 Å². The Kier molecular flexibility index (Phi) is 5.03. The van der Waals surface area contributed by atoms with Gasteiger partial charge >= 0.3 is 0 Å². The van der Waals surface area contributed by atoms with E-state index >= 15 is 0 Å². The van der Waals surface area contributed by atoms with Crippen molar-refractivity contribution in [1.82, 2.24) is 9.88 Å². The predicted octanol–water partition coefficient (Wildman–Crippen LogP) is 2.70. The first kappa shape index (κ1) is 15.0. The van der Waals surface area contributed by atoms with Gasteiger partial charge in [0.1, 0.15) is 5.82 Å². The number of ether oxygens (including phenoxy) is 1. The quantitative estimate of drug-likeness (QED) is 0.921. The van der Waals surface area contributed by atoms with Crippen LogP contribution in [0.4, 0.5) is 5.82 Å². The molecule has 1 aromatic carbocycles. The summed E-state index contributed by atoms with van der Waals surface area (Å²) < 4.78 is 5.87. The van der Waals surface area contributed by atoms with Gasteiger partial charge < -0.3 is 10.1 Å². The second kappa shape index (κ2) is 7.38. The van der Waals surface area contributed by atoms with E-state index in [0.717, 1.165) is 44.3 Å². The fraction of sp³-hybridized carbons (Fsp3) is 0.389. The number of aryl methyl sites for hydroxylation is 1. The summed E-state index contributed by atoms with van der Waals surface area (Å²) in [6, 6.07) is 16.6. The van der Waals surface area contributed by atoms with Crippen LogP contribution in [0.25, 0.3) is 0 Å². The first-order valence-electron chi connectivity index (χ1n) is 7.85. The minimum absolute atomic E-state index is 0.208. The summed E-state index contributed by atoms with van der Waals surface area (Å²) in [5.41, 5.74) is 2.39. The van der Waals surface area contributed by atoms with E-state index in [9.17, 15) is 0 Å². The maximum atomic E-state index is 5.87. The number of nitrogens with zero attached hydrogens (tertiary/aromatic N) is 2. The molecular weight excluding hydrogens is 274 g/mol. The summed E-state index contributed by atoms with van der Waals surface area (Å²) in [4.78, 5) is 6.92. The van der Waals surface area contributed by atoms with Crippen LogP contribution in [-0.2, 0) is 11.3 Å². The molecule has 4 nitrogen and oxygen atoms in total. The monoisotopic (exact) mass is 297 g/mol. The summed E-state index contributed by atoms with van der Waals surface area (Å²) in [5.74, 6) is 0.920. The van der Waals surface area contributed by atoms with Crippen LogP contribution < -0.4 is 5.32 Å². The van der Waals surface area contributed by atoms with Crippen molar-refractivity contribution in [3.05, 3.63) is 59.8 Å². The van der Waals surface area contributed by atoms with Gasteiger partial charge in [0.25, 0.3) is 0 Å². The molecule has 0 saturated carbocycles. The standard InChI is InChI=1S/C18H23N3O/c1-15-6-5-9-18(20-15)19-12-17-14-21(10-11-22-17)13-16-7-3-2-4-8-16/h2-9,17H,10-14H2,1H3,(H,19,20). The molecule has 0 bridgehead atoms. The van der Waals surface area contributed by atoms with E-state index in [0.29, 0.717) is 0 Å². The molecular formula is C18H23N3O. The first-order chi connectivity index (χ1) is 10.8. The van der Waals surface area contributed by atoms with Crippen molar-refractivity contribution < 1.29 is 4.74 Å². The molecule has 0 radical (unpaired) electrons. The molecule has 4 heteroatoms. The van der Waals surface area contributed by atoms with Crippen molar-refractivity contribution in [2.24, 2.45) is 0 Å². The van der Waals surface area contributed by atoms with E-state index < -0.39 is 0 Å². The third-order valence-electron chi connectivity index (χ3n) is 3.87. The summed E-state index contributed by atoms with van der Waals surface area (Å²) in [5, 5.41) is 3.38. The largest absolute Gasteiger partial charge is 0.374 e. The Morgan fingerprint density at radius 2 is 2.05 bits per heavy atom. The van der Waals surface area contributed by atoms with Crippen molar-refractivity contribution in [1.29, 1.82) is 0 Å². The van der Waals surface area contributed by atoms with Crippen molar-refractivity contribution >= 4 is 5.82 Å². The number of hydrogen-bond donors (Lipinski definition) is 1.